The molecule has 0 unspecified atom stereocenters. The Morgan fingerprint density at radius 3 is 2.78 bits per heavy atom. The molecule has 0 atom stereocenters. The lowest BCUT2D eigenvalue weighted by molar-refractivity contribution is 0.102. The van der Waals surface area contributed by atoms with E-state index in [1.54, 1.807) is 23.3 Å². The minimum absolute atomic E-state index is 0.246. The number of fused-ring (bicyclic) bond motifs is 1. The number of hydrogen-bond donors (Lipinski definition) is 1. The van der Waals surface area contributed by atoms with Gasteiger partial charge in [-0.05, 0) is 48.9 Å². The van der Waals surface area contributed by atoms with E-state index in [4.69, 9.17) is 14.6 Å². The third kappa shape index (κ3) is 4.32. The third-order valence-electron chi connectivity index (χ3n) is 5.83. The first kappa shape index (κ1) is 22.0. The van der Waals surface area contributed by atoms with Gasteiger partial charge in [0.25, 0.3) is 5.91 Å². The van der Waals surface area contributed by atoms with Gasteiger partial charge in [0.05, 0.1) is 16.9 Å². The molecule has 0 radical (unpaired) electrons. The number of carbonyl (C=O) groups excluding carboxylic acids is 1. The number of benzene rings is 2. The van der Waals surface area contributed by atoms with Gasteiger partial charge in [-0.25, -0.2) is 9.67 Å². The molecule has 1 N–H and O–H groups in total. The van der Waals surface area contributed by atoms with E-state index in [2.05, 4.69) is 15.3 Å². The van der Waals surface area contributed by atoms with Crippen LogP contribution in [0.4, 0.5) is 5.13 Å². The number of hydrogen-bond acceptors (Lipinski definition) is 7. The molecular formula is C27H21N5O3S. The fourth-order valence-corrected chi connectivity index (χ4v) is 5.01. The summed E-state index contributed by atoms with van der Waals surface area (Å²) in [4.78, 5) is 23.3. The van der Waals surface area contributed by atoms with Crippen molar-refractivity contribution in [2.24, 2.45) is 0 Å². The van der Waals surface area contributed by atoms with E-state index in [-0.39, 0.29) is 12.7 Å². The van der Waals surface area contributed by atoms with Crippen LogP contribution < -0.4 is 14.8 Å². The summed E-state index contributed by atoms with van der Waals surface area (Å²) in [6.07, 6.45) is 5.81. The first-order chi connectivity index (χ1) is 17.6. The molecule has 178 valence electrons. The summed E-state index contributed by atoms with van der Waals surface area (Å²) >= 11 is 1.46. The lowest BCUT2D eigenvalue weighted by atomic mass is 10.1. The summed E-state index contributed by atoms with van der Waals surface area (Å²) in [5.74, 6) is 1.23. The van der Waals surface area contributed by atoms with Crippen molar-refractivity contribution in [1.82, 2.24) is 19.7 Å². The highest BCUT2D eigenvalue weighted by molar-refractivity contribution is 7.15. The van der Waals surface area contributed by atoms with Gasteiger partial charge in [0.2, 0.25) is 6.79 Å². The van der Waals surface area contributed by atoms with Crippen LogP contribution in [0.5, 0.6) is 11.5 Å². The zero-order valence-corrected chi connectivity index (χ0v) is 20.2. The Hall–Kier alpha value is -4.50. The molecular weight excluding hydrogens is 474 g/mol. The average Bonchev–Trinajstić information content (AvgIpc) is 3.64. The fraction of sp³-hybridized carbons (Fsp3) is 0.111. The van der Waals surface area contributed by atoms with Crippen molar-refractivity contribution in [3.8, 4) is 28.4 Å². The SMILES string of the molecule is Cc1nc(NC(=O)c2cn(-c3ccccc3)nc2-c2cccnc2)sc1Cc1ccc2c(c1)OCO2. The monoisotopic (exact) mass is 495 g/mol. The van der Waals surface area contributed by atoms with Crippen LogP contribution in [0.1, 0.15) is 26.5 Å². The van der Waals surface area contributed by atoms with Gasteiger partial charge in [0, 0.05) is 35.5 Å². The maximum absolute atomic E-state index is 13.4. The molecule has 0 bridgehead atoms. The van der Waals surface area contributed by atoms with Crippen LogP contribution in [0, 0.1) is 6.92 Å². The number of thiazole rings is 1. The molecule has 3 aromatic heterocycles. The second-order valence-corrected chi connectivity index (χ2v) is 9.34. The number of pyridine rings is 1. The normalized spacial score (nSPS) is 12.0. The third-order valence-corrected chi connectivity index (χ3v) is 6.90. The molecule has 2 aromatic carbocycles. The van der Waals surface area contributed by atoms with Crippen molar-refractivity contribution in [1.29, 1.82) is 0 Å². The largest absolute Gasteiger partial charge is 0.454 e. The Balaban J connectivity index is 1.27. The Kier molecular flexibility index (Phi) is 5.67. The van der Waals surface area contributed by atoms with Crippen molar-refractivity contribution in [3.63, 3.8) is 0 Å². The molecule has 1 aliphatic rings. The standard InChI is InChI=1S/C27H21N5O3S/c1-17-24(13-18-9-10-22-23(12-18)35-16-34-22)36-27(29-17)30-26(33)21-15-32(20-7-3-2-4-8-20)31-25(21)19-6-5-11-28-14-19/h2-12,14-15H,13,16H2,1H3,(H,29,30,33). The molecule has 6 rings (SSSR count). The summed E-state index contributed by atoms with van der Waals surface area (Å²) < 4.78 is 12.6. The van der Waals surface area contributed by atoms with Gasteiger partial charge in [-0.2, -0.15) is 5.10 Å². The number of aromatic nitrogens is 4. The van der Waals surface area contributed by atoms with Crippen molar-refractivity contribution >= 4 is 22.4 Å². The van der Waals surface area contributed by atoms with Crippen LogP contribution in [0.15, 0.2) is 79.3 Å². The molecule has 0 saturated carbocycles. The molecule has 0 saturated heterocycles. The van der Waals surface area contributed by atoms with Gasteiger partial charge in [0.15, 0.2) is 16.6 Å². The fourth-order valence-electron chi connectivity index (χ4n) is 4.02. The Morgan fingerprint density at radius 1 is 1.08 bits per heavy atom. The van der Waals surface area contributed by atoms with Gasteiger partial charge in [-0.15, -0.1) is 11.3 Å². The van der Waals surface area contributed by atoms with Crippen molar-refractivity contribution in [2.75, 3.05) is 12.1 Å². The summed E-state index contributed by atoms with van der Waals surface area (Å²) in [7, 11) is 0. The van der Waals surface area contributed by atoms with Crippen LogP contribution in [-0.2, 0) is 6.42 Å². The molecule has 1 aliphatic heterocycles. The summed E-state index contributed by atoms with van der Waals surface area (Å²) in [6, 6.07) is 19.3. The predicted molar refractivity (Wildman–Crippen MR) is 137 cm³/mol. The zero-order valence-electron chi connectivity index (χ0n) is 19.3. The van der Waals surface area contributed by atoms with Gasteiger partial charge >= 0.3 is 0 Å². The van der Waals surface area contributed by atoms with E-state index in [1.165, 1.54) is 11.3 Å². The number of para-hydroxylation sites is 1. The molecule has 8 nitrogen and oxygen atoms in total. The van der Waals surface area contributed by atoms with Crippen LogP contribution in [0.3, 0.4) is 0 Å². The first-order valence-corrected chi connectivity index (χ1v) is 12.2. The molecule has 0 aliphatic carbocycles. The Labute approximate surface area is 211 Å². The van der Waals surface area contributed by atoms with E-state index in [0.717, 1.165) is 38.9 Å². The Morgan fingerprint density at radius 2 is 1.94 bits per heavy atom. The highest BCUT2D eigenvalue weighted by Gasteiger charge is 2.21. The second-order valence-electron chi connectivity index (χ2n) is 8.26. The van der Waals surface area contributed by atoms with E-state index >= 15 is 0 Å². The average molecular weight is 496 g/mol. The number of nitrogens with zero attached hydrogens (tertiary/aromatic N) is 4. The summed E-state index contributed by atoms with van der Waals surface area (Å²) in [6.45, 7) is 2.19. The van der Waals surface area contributed by atoms with Gasteiger partial charge in [-0.3, -0.25) is 15.1 Å². The lowest BCUT2D eigenvalue weighted by Gasteiger charge is -2.02. The molecule has 9 heteroatoms. The Bertz CT molecular complexity index is 1550. The van der Waals surface area contributed by atoms with E-state index in [9.17, 15) is 4.79 Å². The van der Waals surface area contributed by atoms with Crippen molar-refractivity contribution < 1.29 is 14.3 Å². The molecule has 0 spiro atoms. The maximum Gasteiger partial charge on any atom is 0.261 e. The lowest BCUT2D eigenvalue weighted by Crippen LogP contribution is -2.12. The highest BCUT2D eigenvalue weighted by Crippen LogP contribution is 2.34. The summed E-state index contributed by atoms with van der Waals surface area (Å²) in [5.41, 5.74) is 4.58. The van der Waals surface area contributed by atoms with E-state index < -0.39 is 0 Å². The smallest absolute Gasteiger partial charge is 0.261 e. The zero-order chi connectivity index (χ0) is 24.5. The molecule has 36 heavy (non-hydrogen) atoms. The van der Waals surface area contributed by atoms with Gasteiger partial charge in [0.1, 0.15) is 5.69 Å². The minimum atomic E-state index is -0.278. The molecule has 5 aromatic rings. The number of amides is 1. The number of ether oxygens (including phenoxy) is 2. The first-order valence-electron chi connectivity index (χ1n) is 11.4. The second kappa shape index (κ2) is 9.27. The number of aryl methyl sites for hydroxylation is 1. The quantitative estimate of drug-likeness (QED) is 0.345. The molecule has 0 fully saturated rings. The minimum Gasteiger partial charge on any atom is -0.454 e. The van der Waals surface area contributed by atoms with Crippen LogP contribution in [-0.4, -0.2) is 32.4 Å². The van der Waals surface area contributed by atoms with Gasteiger partial charge < -0.3 is 9.47 Å². The predicted octanol–water partition coefficient (Wildman–Crippen LogP) is 5.27. The number of anilines is 1. The van der Waals surface area contributed by atoms with E-state index in [0.29, 0.717) is 22.8 Å². The van der Waals surface area contributed by atoms with E-state index in [1.807, 2.05) is 67.6 Å². The number of carbonyl (C=O) groups is 1. The molecule has 1 amide bonds. The maximum atomic E-state index is 13.4. The summed E-state index contributed by atoms with van der Waals surface area (Å²) in [5, 5.41) is 8.21. The highest BCUT2D eigenvalue weighted by atomic mass is 32.1. The molecule has 4 heterocycles. The van der Waals surface area contributed by atoms with Crippen molar-refractivity contribution in [3.05, 3.63) is 101 Å². The van der Waals surface area contributed by atoms with Crippen LogP contribution in [0.25, 0.3) is 16.9 Å². The van der Waals surface area contributed by atoms with Gasteiger partial charge in [-0.1, -0.05) is 24.3 Å². The van der Waals surface area contributed by atoms with Crippen molar-refractivity contribution in [2.45, 2.75) is 13.3 Å². The number of nitrogens with one attached hydrogen (secondary N) is 1. The van der Waals surface area contributed by atoms with Crippen LogP contribution >= 0.6 is 11.3 Å². The number of rotatable bonds is 6. The van der Waals surface area contributed by atoms with Crippen LogP contribution in [0.2, 0.25) is 0 Å². The topological polar surface area (TPSA) is 91.2 Å².